The number of aromatic nitrogens is 2. The number of pyridine rings is 1. The third-order valence-electron chi connectivity index (χ3n) is 5.47. The van der Waals surface area contributed by atoms with Gasteiger partial charge in [0.25, 0.3) is 10.0 Å². The summed E-state index contributed by atoms with van der Waals surface area (Å²) in [5, 5.41) is 9.14. The van der Waals surface area contributed by atoms with Crippen molar-refractivity contribution in [3.8, 4) is 5.75 Å². The number of rotatable bonds is 7. The highest BCUT2D eigenvalue weighted by Gasteiger charge is 2.32. The summed E-state index contributed by atoms with van der Waals surface area (Å²) < 4.78 is 71.7. The Labute approximate surface area is 204 Å². The van der Waals surface area contributed by atoms with Crippen molar-refractivity contribution in [1.29, 1.82) is 0 Å². The molecule has 0 saturated carbocycles. The van der Waals surface area contributed by atoms with Crippen molar-refractivity contribution in [3.63, 3.8) is 0 Å². The van der Waals surface area contributed by atoms with Crippen LogP contribution in [0, 0.1) is 13.8 Å². The lowest BCUT2D eigenvalue weighted by atomic mass is 10.2. The zero-order valence-electron chi connectivity index (χ0n) is 19.0. The van der Waals surface area contributed by atoms with E-state index in [-0.39, 0.29) is 22.8 Å². The molecule has 4 aromatic rings. The van der Waals surface area contributed by atoms with E-state index < -0.39 is 28.1 Å². The summed E-state index contributed by atoms with van der Waals surface area (Å²) in [5.41, 5.74) is 2.17. The number of alkyl halides is 3. The minimum absolute atomic E-state index is 0.0831. The molecule has 12 heteroatoms. The third kappa shape index (κ3) is 4.98. The number of sulfonamides is 1. The first-order chi connectivity index (χ1) is 16.9. The van der Waals surface area contributed by atoms with Crippen LogP contribution < -0.4 is 9.04 Å². The fraction of sp³-hybridized carbons (Fsp3) is 0.167. The molecule has 188 valence electrons. The Bertz CT molecular complexity index is 1530. The van der Waals surface area contributed by atoms with E-state index in [4.69, 9.17) is 5.11 Å². The molecule has 0 saturated heterocycles. The van der Waals surface area contributed by atoms with Gasteiger partial charge in [0, 0.05) is 6.20 Å². The number of halogens is 3. The number of benzene rings is 2. The minimum atomic E-state index is -4.86. The Kier molecular flexibility index (Phi) is 6.39. The second kappa shape index (κ2) is 9.19. The highest BCUT2D eigenvalue weighted by molar-refractivity contribution is 7.92. The van der Waals surface area contributed by atoms with E-state index in [9.17, 15) is 26.4 Å². The predicted octanol–water partition coefficient (Wildman–Crippen LogP) is 4.94. The molecule has 2 aromatic carbocycles. The van der Waals surface area contributed by atoms with Gasteiger partial charge in [-0.05, 0) is 67.4 Å². The zero-order chi connectivity index (χ0) is 26.3. The minimum Gasteiger partial charge on any atom is -0.478 e. The molecular formula is C24H20F3N3O5S. The first-order valence-electron chi connectivity index (χ1n) is 10.5. The molecule has 0 aliphatic rings. The van der Waals surface area contributed by atoms with Crippen LogP contribution in [0.3, 0.4) is 0 Å². The van der Waals surface area contributed by atoms with Crippen LogP contribution in [0.5, 0.6) is 5.75 Å². The van der Waals surface area contributed by atoms with Crippen LogP contribution in [0.4, 0.5) is 19.0 Å². The Hall–Kier alpha value is -4.06. The standard InChI is InChI=1S/C24H20F3N3O5S/c1-15-4-3-13-29-16(2)22(28-21(15)29)30(14-17-5-9-19(10-6-17)35-24(25,26)27)36(33,34)20-11-7-18(8-12-20)23(31)32/h3-13H,14H2,1-2H3,(H,31,32). The summed E-state index contributed by atoms with van der Waals surface area (Å²) >= 11 is 0. The maximum absolute atomic E-state index is 13.7. The summed E-state index contributed by atoms with van der Waals surface area (Å²) in [4.78, 5) is 15.6. The van der Waals surface area contributed by atoms with Crippen molar-refractivity contribution in [2.24, 2.45) is 0 Å². The molecule has 0 radical (unpaired) electrons. The Morgan fingerprint density at radius 2 is 1.69 bits per heavy atom. The van der Waals surface area contributed by atoms with Crippen molar-refractivity contribution >= 4 is 27.5 Å². The Morgan fingerprint density at radius 1 is 1.06 bits per heavy atom. The van der Waals surface area contributed by atoms with Gasteiger partial charge in [0.05, 0.1) is 22.7 Å². The molecule has 0 unspecified atom stereocenters. The van der Waals surface area contributed by atoms with Crippen molar-refractivity contribution in [2.75, 3.05) is 4.31 Å². The van der Waals surface area contributed by atoms with E-state index >= 15 is 0 Å². The van der Waals surface area contributed by atoms with E-state index in [1.807, 2.05) is 13.0 Å². The van der Waals surface area contributed by atoms with Crippen LogP contribution in [-0.2, 0) is 16.6 Å². The second-order valence-electron chi connectivity index (χ2n) is 7.94. The van der Waals surface area contributed by atoms with Crippen LogP contribution >= 0.6 is 0 Å². The third-order valence-corrected chi connectivity index (χ3v) is 7.22. The van der Waals surface area contributed by atoms with Gasteiger partial charge in [-0.1, -0.05) is 18.2 Å². The number of fused-ring (bicyclic) bond motifs is 1. The molecule has 0 bridgehead atoms. The normalized spacial score (nSPS) is 12.0. The number of aryl methyl sites for hydroxylation is 2. The van der Waals surface area contributed by atoms with E-state index in [1.165, 1.54) is 36.4 Å². The molecule has 1 N–H and O–H groups in total. The summed E-state index contributed by atoms with van der Waals surface area (Å²) in [6.45, 7) is 3.28. The van der Waals surface area contributed by atoms with Crippen LogP contribution in [-0.4, -0.2) is 35.2 Å². The van der Waals surface area contributed by atoms with Crippen molar-refractivity contribution in [1.82, 2.24) is 9.38 Å². The first kappa shape index (κ1) is 25.0. The summed E-state index contributed by atoms with van der Waals surface area (Å²) in [6.07, 6.45) is -3.12. The average Bonchev–Trinajstić information content (AvgIpc) is 3.15. The first-order valence-corrected chi connectivity index (χ1v) is 12.0. The number of nitrogens with zero attached hydrogens (tertiary/aromatic N) is 3. The van der Waals surface area contributed by atoms with Gasteiger partial charge in [0.2, 0.25) is 0 Å². The van der Waals surface area contributed by atoms with Gasteiger partial charge >= 0.3 is 12.3 Å². The molecular weight excluding hydrogens is 499 g/mol. The van der Waals surface area contributed by atoms with Gasteiger partial charge in [-0.25, -0.2) is 22.5 Å². The predicted molar refractivity (Wildman–Crippen MR) is 125 cm³/mol. The lowest BCUT2D eigenvalue weighted by Crippen LogP contribution is -2.31. The molecule has 0 atom stereocenters. The highest BCUT2D eigenvalue weighted by atomic mass is 32.2. The lowest BCUT2D eigenvalue weighted by Gasteiger charge is -2.23. The van der Waals surface area contributed by atoms with Gasteiger partial charge in [0.15, 0.2) is 5.82 Å². The topological polar surface area (TPSA) is 101 Å². The average molecular weight is 520 g/mol. The molecule has 0 fully saturated rings. The van der Waals surface area contributed by atoms with Crippen molar-refractivity contribution < 1.29 is 36.2 Å². The van der Waals surface area contributed by atoms with Gasteiger partial charge in [-0.2, -0.15) is 0 Å². The number of hydrogen-bond acceptors (Lipinski definition) is 5. The van der Waals surface area contributed by atoms with Gasteiger partial charge in [-0.3, -0.25) is 0 Å². The highest BCUT2D eigenvalue weighted by Crippen LogP contribution is 2.31. The van der Waals surface area contributed by atoms with E-state index in [2.05, 4.69) is 9.72 Å². The van der Waals surface area contributed by atoms with Crippen LogP contribution in [0.25, 0.3) is 5.65 Å². The summed E-state index contributed by atoms with van der Waals surface area (Å²) in [7, 11) is -4.26. The van der Waals surface area contributed by atoms with Crippen LogP contribution in [0.1, 0.15) is 27.2 Å². The number of aromatic carboxylic acids is 1. The van der Waals surface area contributed by atoms with Crippen LogP contribution in [0.2, 0.25) is 0 Å². The number of anilines is 1. The van der Waals surface area contributed by atoms with Crippen molar-refractivity contribution in [2.45, 2.75) is 31.7 Å². The molecule has 0 spiro atoms. The molecule has 4 rings (SSSR count). The number of hydrogen-bond donors (Lipinski definition) is 1. The molecule has 2 heterocycles. The van der Waals surface area contributed by atoms with Gasteiger partial charge in [0.1, 0.15) is 11.4 Å². The Balaban J connectivity index is 1.80. The van der Waals surface area contributed by atoms with E-state index in [0.717, 1.165) is 22.0 Å². The summed E-state index contributed by atoms with van der Waals surface area (Å²) in [5.74, 6) is -1.52. The molecule has 0 aliphatic carbocycles. The second-order valence-corrected chi connectivity index (χ2v) is 9.80. The number of carbonyl (C=O) groups is 1. The Morgan fingerprint density at radius 3 is 2.25 bits per heavy atom. The molecule has 0 amide bonds. The fourth-order valence-corrected chi connectivity index (χ4v) is 5.13. The largest absolute Gasteiger partial charge is 0.573 e. The van der Waals surface area contributed by atoms with E-state index in [1.54, 1.807) is 23.6 Å². The smallest absolute Gasteiger partial charge is 0.478 e. The lowest BCUT2D eigenvalue weighted by molar-refractivity contribution is -0.274. The molecule has 0 aliphatic heterocycles. The summed E-state index contributed by atoms with van der Waals surface area (Å²) in [6, 6.07) is 13.2. The molecule has 36 heavy (non-hydrogen) atoms. The quantitative estimate of drug-likeness (QED) is 0.371. The molecule has 2 aromatic heterocycles. The number of ether oxygens (including phenoxy) is 1. The van der Waals surface area contributed by atoms with Crippen LogP contribution in [0.15, 0.2) is 71.8 Å². The van der Waals surface area contributed by atoms with E-state index in [0.29, 0.717) is 16.9 Å². The zero-order valence-corrected chi connectivity index (χ0v) is 19.8. The number of imidazole rings is 1. The monoisotopic (exact) mass is 519 g/mol. The fourth-order valence-electron chi connectivity index (χ4n) is 3.68. The van der Waals surface area contributed by atoms with Gasteiger partial charge < -0.3 is 14.2 Å². The van der Waals surface area contributed by atoms with Crippen molar-refractivity contribution in [3.05, 3.63) is 89.2 Å². The maximum Gasteiger partial charge on any atom is 0.573 e. The maximum atomic E-state index is 13.7. The number of carboxylic acids is 1. The van der Waals surface area contributed by atoms with Gasteiger partial charge in [-0.15, -0.1) is 13.2 Å². The number of carboxylic acid groups (broad SMARTS) is 1. The molecule has 8 nitrogen and oxygen atoms in total. The SMILES string of the molecule is Cc1cccn2c(C)c(N(Cc3ccc(OC(F)(F)F)cc3)S(=O)(=O)c3ccc(C(=O)O)cc3)nc12.